The van der Waals surface area contributed by atoms with E-state index >= 15 is 0 Å². The Bertz CT molecular complexity index is 360. The van der Waals surface area contributed by atoms with E-state index in [1.54, 1.807) is 24.3 Å². The van der Waals surface area contributed by atoms with E-state index in [-0.39, 0.29) is 0 Å². The summed E-state index contributed by atoms with van der Waals surface area (Å²) < 4.78 is 36.9. The van der Waals surface area contributed by atoms with Crippen molar-refractivity contribution in [3.05, 3.63) is 40.4 Å². The lowest BCUT2D eigenvalue weighted by Gasteiger charge is -2.10. The number of halogens is 4. The van der Waals surface area contributed by atoms with E-state index in [0.717, 1.165) is 10.5 Å². The second-order valence-electron chi connectivity index (χ2n) is 2.98. The highest BCUT2D eigenvalue weighted by molar-refractivity contribution is 9.10. The zero-order valence-electron chi connectivity index (χ0n) is 7.63. The van der Waals surface area contributed by atoms with Crippen LogP contribution in [-0.4, -0.2) is 12.2 Å². The van der Waals surface area contributed by atoms with Crippen LogP contribution >= 0.6 is 15.9 Å². The van der Waals surface area contributed by atoms with Crippen LogP contribution in [-0.2, 0) is 0 Å². The SMILES string of the molecule is N[C@@H](C=Cc1cccc(Br)c1)C(F)(F)F. The summed E-state index contributed by atoms with van der Waals surface area (Å²) in [4.78, 5) is 0. The van der Waals surface area contributed by atoms with Gasteiger partial charge in [0, 0.05) is 4.47 Å². The van der Waals surface area contributed by atoms with Crippen LogP contribution in [0, 0.1) is 0 Å². The molecule has 1 aromatic rings. The molecule has 82 valence electrons. The standard InChI is InChI=1S/C10H9BrF3N/c11-8-3-1-2-7(6-8)4-5-9(15)10(12,13)14/h1-6,9H,15H2/t9-/m0/s1. The van der Waals surface area contributed by atoms with Crippen LogP contribution in [0.4, 0.5) is 13.2 Å². The summed E-state index contributed by atoms with van der Waals surface area (Å²) in [5.74, 6) is 0. The van der Waals surface area contributed by atoms with E-state index in [9.17, 15) is 13.2 Å². The Labute approximate surface area is 93.9 Å². The van der Waals surface area contributed by atoms with Crippen LogP contribution in [0.15, 0.2) is 34.8 Å². The summed E-state index contributed by atoms with van der Waals surface area (Å²) in [5, 5.41) is 0. The zero-order valence-corrected chi connectivity index (χ0v) is 9.22. The van der Waals surface area contributed by atoms with Crippen LogP contribution in [0.1, 0.15) is 5.56 Å². The van der Waals surface area contributed by atoms with Gasteiger partial charge in [0.05, 0.1) is 0 Å². The van der Waals surface area contributed by atoms with Crippen LogP contribution in [0.5, 0.6) is 0 Å². The van der Waals surface area contributed by atoms with Crippen molar-refractivity contribution in [2.75, 3.05) is 0 Å². The van der Waals surface area contributed by atoms with E-state index in [1.807, 2.05) is 0 Å². The van der Waals surface area contributed by atoms with Gasteiger partial charge in [0.15, 0.2) is 0 Å². The Balaban J connectivity index is 2.74. The molecule has 0 amide bonds. The van der Waals surface area contributed by atoms with Gasteiger partial charge in [0.1, 0.15) is 6.04 Å². The third kappa shape index (κ3) is 4.05. The van der Waals surface area contributed by atoms with Crippen molar-refractivity contribution in [1.29, 1.82) is 0 Å². The molecule has 0 heterocycles. The van der Waals surface area contributed by atoms with E-state index in [0.29, 0.717) is 5.56 Å². The van der Waals surface area contributed by atoms with Gasteiger partial charge < -0.3 is 5.73 Å². The summed E-state index contributed by atoms with van der Waals surface area (Å²) in [6.07, 6.45) is -2.10. The lowest BCUT2D eigenvalue weighted by molar-refractivity contribution is -0.136. The average Bonchev–Trinajstić information content (AvgIpc) is 2.12. The van der Waals surface area contributed by atoms with Crippen LogP contribution in [0.2, 0.25) is 0 Å². The van der Waals surface area contributed by atoms with Crippen molar-refractivity contribution in [3.63, 3.8) is 0 Å². The highest BCUT2D eigenvalue weighted by Gasteiger charge is 2.34. The van der Waals surface area contributed by atoms with Crippen molar-refractivity contribution in [3.8, 4) is 0 Å². The van der Waals surface area contributed by atoms with E-state index < -0.39 is 12.2 Å². The fourth-order valence-corrected chi connectivity index (χ4v) is 1.35. The Morgan fingerprint density at radius 2 is 2.00 bits per heavy atom. The minimum Gasteiger partial charge on any atom is -0.317 e. The summed E-state index contributed by atoms with van der Waals surface area (Å²) in [6, 6.07) is 5.02. The fraction of sp³-hybridized carbons (Fsp3) is 0.200. The first kappa shape index (κ1) is 12.3. The number of rotatable bonds is 2. The van der Waals surface area contributed by atoms with Crippen molar-refractivity contribution in [2.24, 2.45) is 5.73 Å². The fourth-order valence-electron chi connectivity index (χ4n) is 0.934. The van der Waals surface area contributed by atoms with Gasteiger partial charge in [0.25, 0.3) is 0 Å². The number of nitrogens with two attached hydrogens (primary N) is 1. The molecule has 15 heavy (non-hydrogen) atoms. The molecule has 5 heteroatoms. The van der Waals surface area contributed by atoms with E-state index in [1.165, 1.54) is 6.08 Å². The van der Waals surface area contributed by atoms with E-state index in [2.05, 4.69) is 15.9 Å². The Kier molecular flexibility index (Phi) is 3.93. The van der Waals surface area contributed by atoms with Crippen LogP contribution in [0.25, 0.3) is 6.08 Å². The zero-order chi connectivity index (χ0) is 11.5. The first-order chi connectivity index (χ1) is 6.89. The van der Waals surface area contributed by atoms with Gasteiger partial charge in [-0.1, -0.05) is 40.2 Å². The van der Waals surface area contributed by atoms with Crippen LogP contribution < -0.4 is 5.73 Å². The predicted octanol–water partition coefficient (Wildman–Crippen LogP) is 3.35. The van der Waals surface area contributed by atoms with Crippen LogP contribution in [0.3, 0.4) is 0 Å². The average molecular weight is 280 g/mol. The molecule has 0 fully saturated rings. The molecular formula is C10H9BrF3N. The molecule has 0 saturated carbocycles. The van der Waals surface area contributed by atoms with Crippen molar-refractivity contribution in [1.82, 2.24) is 0 Å². The summed E-state index contributed by atoms with van der Waals surface area (Å²) in [6.45, 7) is 0. The Hall–Kier alpha value is -0.810. The Morgan fingerprint density at radius 1 is 1.33 bits per heavy atom. The maximum Gasteiger partial charge on any atom is 0.407 e. The predicted molar refractivity (Wildman–Crippen MR) is 57.2 cm³/mol. The number of hydrogen-bond donors (Lipinski definition) is 1. The topological polar surface area (TPSA) is 26.0 Å². The number of alkyl halides is 3. The molecule has 2 N–H and O–H groups in total. The van der Waals surface area contributed by atoms with Crippen molar-refractivity contribution < 1.29 is 13.2 Å². The van der Waals surface area contributed by atoms with Gasteiger partial charge in [-0.25, -0.2) is 0 Å². The quantitative estimate of drug-likeness (QED) is 0.883. The molecule has 1 aromatic carbocycles. The normalized spacial score (nSPS) is 14.5. The molecule has 0 aliphatic rings. The highest BCUT2D eigenvalue weighted by atomic mass is 79.9. The van der Waals surface area contributed by atoms with Gasteiger partial charge >= 0.3 is 6.18 Å². The third-order valence-electron chi connectivity index (χ3n) is 1.72. The molecule has 1 rings (SSSR count). The van der Waals surface area contributed by atoms with Gasteiger partial charge in [0.2, 0.25) is 0 Å². The third-order valence-corrected chi connectivity index (χ3v) is 2.22. The van der Waals surface area contributed by atoms with Crippen molar-refractivity contribution in [2.45, 2.75) is 12.2 Å². The molecule has 0 unspecified atom stereocenters. The lowest BCUT2D eigenvalue weighted by atomic mass is 10.2. The molecule has 1 atom stereocenters. The monoisotopic (exact) mass is 279 g/mol. The second kappa shape index (κ2) is 4.81. The number of benzene rings is 1. The minimum atomic E-state index is -4.39. The van der Waals surface area contributed by atoms with Gasteiger partial charge in [-0.15, -0.1) is 0 Å². The molecule has 0 saturated heterocycles. The molecule has 0 bridgehead atoms. The molecular weight excluding hydrogens is 271 g/mol. The largest absolute Gasteiger partial charge is 0.407 e. The lowest BCUT2D eigenvalue weighted by Crippen LogP contribution is -2.35. The Morgan fingerprint density at radius 3 is 2.53 bits per heavy atom. The van der Waals surface area contributed by atoms with Crippen molar-refractivity contribution >= 4 is 22.0 Å². The number of hydrogen-bond acceptors (Lipinski definition) is 1. The molecule has 1 nitrogen and oxygen atoms in total. The van der Waals surface area contributed by atoms with Gasteiger partial charge in [-0.05, 0) is 17.7 Å². The molecule has 0 aliphatic heterocycles. The maximum atomic E-state index is 12.0. The highest BCUT2D eigenvalue weighted by Crippen LogP contribution is 2.20. The van der Waals surface area contributed by atoms with E-state index in [4.69, 9.17) is 5.73 Å². The van der Waals surface area contributed by atoms with Gasteiger partial charge in [-0.2, -0.15) is 13.2 Å². The first-order valence-electron chi connectivity index (χ1n) is 4.15. The smallest absolute Gasteiger partial charge is 0.317 e. The molecule has 0 aromatic heterocycles. The maximum absolute atomic E-state index is 12.0. The van der Waals surface area contributed by atoms with Gasteiger partial charge in [-0.3, -0.25) is 0 Å². The first-order valence-corrected chi connectivity index (χ1v) is 4.95. The summed E-state index contributed by atoms with van der Waals surface area (Å²) in [5.41, 5.74) is 5.58. The second-order valence-corrected chi connectivity index (χ2v) is 3.90. The summed E-state index contributed by atoms with van der Waals surface area (Å²) >= 11 is 3.22. The summed E-state index contributed by atoms with van der Waals surface area (Å²) in [7, 11) is 0. The molecule has 0 spiro atoms. The molecule has 0 aliphatic carbocycles. The minimum absolute atomic E-state index is 0.670. The molecule has 0 radical (unpaired) electrons.